The van der Waals surface area contributed by atoms with E-state index in [0.29, 0.717) is 35.6 Å². The summed E-state index contributed by atoms with van der Waals surface area (Å²) < 4.78 is 12.1. The van der Waals surface area contributed by atoms with E-state index in [2.05, 4.69) is 29.5 Å². The number of anilines is 2. The Morgan fingerprint density at radius 1 is 1.12 bits per heavy atom. The molecule has 8 heteroatoms. The second kappa shape index (κ2) is 11.5. The number of fused-ring (bicyclic) bond motifs is 1. The van der Waals surface area contributed by atoms with Crippen LogP contribution in [-0.4, -0.2) is 42.2 Å². The van der Waals surface area contributed by atoms with Gasteiger partial charge in [0.15, 0.2) is 5.69 Å². The predicted octanol–water partition coefficient (Wildman–Crippen LogP) is 4.88. The standard InChI is InChI=1S/C26H34N4O4/c1-6-18(7-2)15-27-20-14-22-23(29-17(3)31)24(26(32)34-5)30(25(22)28-16-20)13-12-19-8-10-21(33-4)11-9-19/h8-11,14,16,18,27H,6-7,12-13,15H2,1-5H3,(H,29,31). The molecule has 34 heavy (non-hydrogen) atoms. The normalized spacial score (nSPS) is 11.0. The number of hydrogen-bond acceptors (Lipinski definition) is 6. The number of rotatable bonds is 11. The Hall–Kier alpha value is -3.55. The number of amides is 1. The van der Waals surface area contributed by atoms with Crippen LogP contribution in [0.25, 0.3) is 11.0 Å². The molecule has 0 atom stereocenters. The molecule has 1 amide bonds. The van der Waals surface area contributed by atoms with Gasteiger partial charge in [-0.2, -0.15) is 0 Å². The third-order valence-electron chi connectivity index (χ3n) is 6.11. The number of carbonyl (C=O) groups excluding carboxylic acids is 2. The molecule has 0 saturated carbocycles. The van der Waals surface area contributed by atoms with Crippen LogP contribution in [0.1, 0.15) is 49.7 Å². The third-order valence-corrected chi connectivity index (χ3v) is 6.11. The van der Waals surface area contributed by atoms with Crippen LogP contribution in [0.3, 0.4) is 0 Å². The lowest BCUT2D eigenvalue weighted by molar-refractivity contribution is -0.114. The predicted molar refractivity (Wildman–Crippen MR) is 135 cm³/mol. The van der Waals surface area contributed by atoms with E-state index < -0.39 is 5.97 Å². The highest BCUT2D eigenvalue weighted by Gasteiger charge is 2.25. The van der Waals surface area contributed by atoms with Gasteiger partial charge in [-0.3, -0.25) is 4.79 Å². The zero-order chi connectivity index (χ0) is 24.7. The van der Waals surface area contributed by atoms with E-state index >= 15 is 0 Å². The number of nitrogens with one attached hydrogen (secondary N) is 2. The molecule has 0 saturated heterocycles. The molecule has 0 spiro atoms. The van der Waals surface area contributed by atoms with Crippen LogP contribution in [-0.2, 0) is 22.5 Å². The number of benzene rings is 1. The maximum absolute atomic E-state index is 12.8. The molecule has 2 heterocycles. The van der Waals surface area contributed by atoms with E-state index in [1.165, 1.54) is 14.0 Å². The second-order valence-corrected chi connectivity index (χ2v) is 8.30. The summed E-state index contributed by atoms with van der Waals surface area (Å²) >= 11 is 0. The second-order valence-electron chi connectivity index (χ2n) is 8.30. The molecule has 0 aliphatic heterocycles. The lowest BCUT2D eigenvalue weighted by Gasteiger charge is -2.14. The minimum Gasteiger partial charge on any atom is -0.497 e. The molecule has 0 aliphatic carbocycles. The van der Waals surface area contributed by atoms with Gasteiger partial charge in [0.25, 0.3) is 0 Å². The Labute approximate surface area is 200 Å². The van der Waals surface area contributed by atoms with Gasteiger partial charge in [-0.25, -0.2) is 9.78 Å². The fourth-order valence-electron chi connectivity index (χ4n) is 4.02. The van der Waals surface area contributed by atoms with Crippen molar-refractivity contribution in [2.45, 2.75) is 46.6 Å². The van der Waals surface area contributed by atoms with E-state index in [0.717, 1.165) is 36.4 Å². The first-order valence-corrected chi connectivity index (χ1v) is 11.7. The van der Waals surface area contributed by atoms with Crippen molar-refractivity contribution in [2.24, 2.45) is 5.92 Å². The number of carbonyl (C=O) groups is 2. The van der Waals surface area contributed by atoms with Crippen LogP contribution in [0, 0.1) is 5.92 Å². The maximum atomic E-state index is 12.8. The van der Waals surface area contributed by atoms with E-state index in [4.69, 9.17) is 9.47 Å². The smallest absolute Gasteiger partial charge is 0.356 e. The molecule has 182 valence electrons. The first-order chi connectivity index (χ1) is 16.4. The minimum absolute atomic E-state index is 0.269. The molecule has 0 aliphatic rings. The van der Waals surface area contributed by atoms with Gasteiger partial charge < -0.3 is 24.7 Å². The van der Waals surface area contributed by atoms with Crippen molar-refractivity contribution in [1.29, 1.82) is 0 Å². The Morgan fingerprint density at radius 2 is 1.82 bits per heavy atom. The van der Waals surface area contributed by atoms with Crippen LogP contribution in [0.2, 0.25) is 0 Å². The molecule has 1 aromatic carbocycles. The minimum atomic E-state index is -0.525. The van der Waals surface area contributed by atoms with Gasteiger partial charge in [-0.15, -0.1) is 0 Å². The third kappa shape index (κ3) is 5.68. The molecule has 3 aromatic rings. The van der Waals surface area contributed by atoms with E-state index in [1.807, 2.05) is 34.9 Å². The first-order valence-electron chi connectivity index (χ1n) is 11.7. The summed E-state index contributed by atoms with van der Waals surface area (Å²) in [6, 6.07) is 9.73. The largest absolute Gasteiger partial charge is 0.497 e. The number of hydrogen-bond donors (Lipinski definition) is 2. The highest BCUT2D eigenvalue weighted by Crippen LogP contribution is 2.33. The number of nitrogens with zero attached hydrogens (tertiary/aromatic N) is 2. The molecule has 0 unspecified atom stereocenters. The Bertz CT molecular complexity index is 1130. The molecule has 2 aromatic heterocycles. The van der Waals surface area contributed by atoms with Crippen molar-refractivity contribution >= 4 is 34.3 Å². The van der Waals surface area contributed by atoms with Gasteiger partial charge in [-0.1, -0.05) is 38.8 Å². The number of methoxy groups -OCH3 is 2. The summed E-state index contributed by atoms with van der Waals surface area (Å²) in [5.74, 6) is 0.552. The Balaban J connectivity index is 2.03. The highest BCUT2D eigenvalue weighted by molar-refractivity contribution is 6.10. The molecule has 0 radical (unpaired) electrons. The van der Waals surface area contributed by atoms with Crippen LogP contribution < -0.4 is 15.4 Å². The molecule has 0 bridgehead atoms. The first kappa shape index (κ1) is 25.1. The van der Waals surface area contributed by atoms with Gasteiger partial charge in [-0.05, 0) is 36.1 Å². The quantitative estimate of drug-likeness (QED) is 0.391. The summed E-state index contributed by atoms with van der Waals surface area (Å²) in [7, 11) is 2.97. The van der Waals surface area contributed by atoms with Crippen molar-refractivity contribution < 1.29 is 19.1 Å². The van der Waals surface area contributed by atoms with Gasteiger partial charge in [0.05, 0.1) is 31.8 Å². The van der Waals surface area contributed by atoms with Gasteiger partial charge in [0.1, 0.15) is 11.4 Å². The van der Waals surface area contributed by atoms with Crippen LogP contribution in [0.4, 0.5) is 11.4 Å². The Kier molecular flexibility index (Phi) is 8.51. The van der Waals surface area contributed by atoms with Gasteiger partial charge in [0.2, 0.25) is 5.91 Å². The molecule has 3 rings (SSSR count). The van der Waals surface area contributed by atoms with Crippen molar-refractivity contribution in [3.05, 3.63) is 47.8 Å². The van der Waals surface area contributed by atoms with Crippen LogP contribution in [0.5, 0.6) is 5.75 Å². The lowest BCUT2D eigenvalue weighted by atomic mass is 10.0. The zero-order valence-electron chi connectivity index (χ0n) is 20.6. The van der Waals surface area contributed by atoms with Crippen LogP contribution >= 0.6 is 0 Å². The van der Waals surface area contributed by atoms with Crippen molar-refractivity contribution in [3.8, 4) is 5.75 Å². The summed E-state index contributed by atoms with van der Waals surface area (Å²) in [6.45, 7) is 7.09. The zero-order valence-corrected chi connectivity index (χ0v) is 20.6. The monoisotopic (exact) mass is 466 g/mol. The average molecular weight is 467 g/mol. The van der Waals surface area contributed by atoms with E-state index in [1.54, 1.807) is 13.3 Å². The van der Waals surface area contributed by atoms with E-state index in [9.17, 15) is 9.59 Å². The van der Waals surface area contributed by atoms with Crippen LogP contribution in [0.15, 0.2) is 36.5 Å². The summed E-state index contributed by atoms with van der Waals surface area (Å²) in [5.41, 5.74) is 3.25. The molecule has 8 nitrogen and oxygen atoms in total. The summed E-state index contributed by atoms with van der Waals surface area (Å²) in [4.78, 5) is 29.5. The van der Waals surface area contributed by atoms with E-state index in [-0.39, 0.29) is 11.6 Å². The molecular weight excluding hydrogens is 432 g/mol. The number of pyridine rings is 1. The van der Waals surface area contributed by atoms with Crippen molar-refractivity contribution in [1.82, 2.24) is 9.55 Å². The summed E-state index contributed by atoms with van der Waals surface area (Å²) in [5, 5.41) is 6.98. The lowest BCUT2D eigenvalue weighted by Crippen LogP contribution is -2.16. The maximum Gasteiger partial charge on any atom is 0.356 e. The average Bonchev–Trinajstić information content (AvgIpc) is 3.15. The van der Waals surface area contributed by atoms with Gasteiger partial charge >= 0.3 is 5.97 Å². The van der Waals surface area contributed by atoms with Gasteiger partial charge in [0, 0.05) is 25.4 Å². The number of esters is 1. The summed E-state index contributed by atoms with van der Waals surface area (Å²) in [6.07, 6.45) is 4.61. The molecular formula is C26H34N4O4. The molecule has 0 fully saturated rings. The SMILES string of the molecule is CCC(CC)CNc1cnc2c(c1)c(NC(C)=O)c(C(=O)OC)n2CCc1ccc(OC)cc1. The van der Waals surface area contributed by atoms with Crippen molar-refractivity contribution in [2.75, 3.05) is 31.4 Å². The number of aromatic nitrogens is 2. The Morgan fingerprint density at radius 3 is 2.41 bits per heavy atom. The number of ether oxygens (including phenoxy) is 2. The fourth-order valence-corrected chi connectivity index (χ4v) is 4.02. The van der Waals surface area contributed by atoms with Crippen molar-refractivity contribution in [3.63, 3.8) is 0 Å². The highest BCUT2D eigenvalue weighted by atomic mass is 16.5. The number of aryl methyl sites for hydroxylation is 2. The fraction of sp³-hybridized carbons (Fsp3) is 0.423. The molecule has 2 N–H and O–H groups in total. The topological polar surface area (TPSA) is 94.5 Å².